The van der Waals surface area contributed by atoms with E-state index in [4.69, 9.17) is 0 Å². The first-order valence-electron chi connectivity index (χ1n) is 9.62. The number of likely N-dealkylation sites (N-methyl/N-ethyl adjacent to an activating group) is 1. The summed E-state index contributed by atoms with van der Waals surface area (Å²) < 4.78 is 1.35. The molecule has 0 unspecified atom stereocenters. The van der Waals surface area contributed by atoms with Gasteiger partial charge in [0.1, 0.15) is 12.4 Å². The molecule has 2 aromatic carbocycles. The zero-order valence-corrected chi connectivity index (χ0v) is 16.8. The van der Waals surface area contributed by atoms with Gasteiger partial charge in [0.15, 0.2) is 0 Å². The molecule has 0 spiro atoms. The number of nitrogens with zero attached hydrogens (tertiary/aromatic N) is 5. The third-order valence-electron chi connectivity index (χ3n) is 5.55. The number of carboxylic acids is 1. The maximum Gasteiger partial charge on any atom is 0.335 e. The molecule has 1 saturated heterocycles. The number of rotatable bonds is 3. The van der Waals surface area contributed by atoms with Gasteiger partial charge in [0.2, 0.25) is 0 Å². The van der Waals surface area contributed by atoms with E-state index in [1.54, 1.807) is 25.1 Å². The molecule has 2 heterocycles. The Morgan fingerprint density at radius 3 is 2.57 bits per heavy atom. The second-order valence-electron chi connectivity index (χ2n) is 7.52. The SMILES string of the molecule is Cc1ccc(C(=O)O)cc1-n1cnc2c(C#N)cc(N3CCN(C)CC3)cc2c1=O. The first-order valence-corrected chi connectivity index (χ1v) is 9.62. The van der Waals surface area contributed by atoms with Crippen LogP contribution in [0.15, 0.2) is 41.5 Å². The molecular weight excluding hydrogens is 382 g/mol. The number of carbonyl (C=O) groups is 1. The molecule has 152 valence electrons. The Kier molecular flexibility index (Phi) is 4.98. The second kappa shape index (κ2) is 7.61. The predicted molar refractivity (Wildman–Crippen MR) is 113 cm³/mol. The molecule has 3 aromatic rings. The second-order valence-corrected chi connectivity index (χ2v) is 7.52. The molecule has 0 atom stereocenters. The van der Waals surface area contributed by atoms with Crippen molar-refractivity contribution in [2.45, 2.75) is 6.92 Å². The molecule has 0 aliphatic carbocycles. The summed E-state index contributed by atoms with van der Waals surface area (Å²) in [5.41, 5.74) is 2.48. The molecule has 1 aromatic heterocycles. The molecule has 8 nitrogen and oxygen atoms in total. The van der Waals surface area contributed by atoms with E-state index in [0.29, 0.717) is 22.2 Å². The summed E-state index contributed by atoms with van der Waals surface area (Å²) in [5, 5.41) is 19.3. The fourth-order valence-electron chi connectivity index (χ4n) is 3.73. The lowest BCUT2D eigenvalue weighted by Crippen LogP contribution is -2.44. The number of piperazine rings is 1. The highest BCUT2D eigenvalue weighted by Crippen LogP contribution is 2.25. The van der Waals surface area contributed by atoms with Gasteiger partial charge in [0.05, 0.1) is 27.7 Å². The topological polar surface area (TPSA) is 102 Å². The highest BCUT2D eigenvalue weighted by molar-refractivity contribution is 5.89. The van der Waals surface area contributed by atoms with Crippen molar-refractivity contribution in [2.75, 3.05) is 38.1 Å². The summed E-state index contributed by atoms with van der Waals surface area (Å²) in [7, 11) is 2.06. The molecule has 0 bridgehead atoms. The maximum absolute atomic E-state index is 13.4. The van der Waals surface area contributed by atoms with E-state index in [0.717, 1.165) is 37.4 Å². The van der Waals surface area contributed by atoms with Crippen molar-refractivity contribution in [1.29, 1.82) is 5.26 Å². The van der Waals surface area contributed by atoms with Gasteiger partial charge in [-0.25, -0.2) is 9.78 Å². The van der Waals surface area contributed by atoms with Crippen LogP contribution in [0.1, 0.15) is 21.5 Å². The fourth-order valence-corrected chi connectivity index (χ4v) is 3.73. The molecule has 1 fully saturated rings. The molecule has 0 saturated carbocycles. The lowest BCUT2D eigenvalue weighted by molar-refractivity contribution is 0.0697. The van der Waals surface area contributed by atoms with Crippen LogP contribution in [0.5, 0.6) is 0 Å². The van der Waals surface area contributed by atoms with Crippen LogP contribution < -0.4 is 10.5 Å². The Morgan fingerprint density at radius 2 is 1.90 bits per heavy atom. The number of hydrogen-bond acceptors (Lipinski definition) is 6. The third-order valence-corrected chi connectivity index (χ3v) is 5.55. The Labute approximate surface area is 173 Å². The molecule has 4 rings (SSSR count). The van der Waals surface area contributed by atoms with Crippen molar-refractivity contribution in [3.8, 4) is 11.8 Å². The predicted octanol–water partition coefficient (Wildman–Crippen LogP) is 2.02. The monoisotopic (exact) mass is 403 g/mol. The highest BCUT2D eigenvalue weighted by atomic mass is 16.4. The summed E-state index contributed by atoms with van der Waals surface area (Å²) in [6, 6.07) is 10.3. The van der Waals surface area contributed by atoms with Crippen LogP contribution in [0.3, 0.4) is 0 Å². The van der Waals surface area contributed by atoms with E-state index >= 15 is 0 Å². The summed E-state index contributed by atoms with van der Waals surface area (Å²) >= 11 is 0. The lowest BCUT2D eigenvalue weighted by Gasteiger charge is -2.34. The molecule has 1 aliphatic rings. The fraction of sp³-hybridized carbons (Fsp3) is 0.273. The zero-order chi connectivity index (χ0) is 21.4. The zero-order valence-electron chi connectivity index (χ0n) is 16.8. The van der Waals surface area contributed by atoms with Crippen molar-refractivity contribution < 1.29 is 9.90 Å². The van der Waals surface area contributed by atoms with Crippen molar-refractivity contribution >= 4 is 22.6 Å². The lowest BCUT2D eigenvalue weighted by atomic mass is 10.1. The summed E-state index contributed by atoms with van der Waals surface area (Å²) in [4.78, 5) is 33.5. The van der Waals surface area contributed by atoms with Crippen LogP contribution in [0.25, 0.3) is 16.6 Å². The molecular formula is C22H21N5O3. The van der Waals surface area contributed by atoms with Crippen molar-refractivity contribution in [1.82, 2.24) is 14.5 Å². The van der Waals surface area contributed by atoms with Crippen LogP contribution in [0, 0.1) is 18.3 Å². The number of nitriles is 1. The molecule has 0 radical (unpaired) electrons. The van der Waals surface area contributed by atoms with Gasteiger partial charge < -0.3 is 14.9 Å². The van der Waals surface area contributed by atoms with E-state index in [2.05, 4.69) is 27.9 Å². The average Bonchev–Trinajstić information content (AvgIpc) is 2.74. The quantitative estimate of drug-likeness (QED) is 0.714. The largest absolute Gasteiger partial charge is 0.478 e. The van der Waals surface area contributed by atoms with Gasteiger partial charge in [0, 0.05) is 31.9 Å². The Balaban J connectivity index is 1.90. The molecule has 1 aliphatic heterocycles. The molecule has 30 heavy (non-hydrogen) atoms. The standard InChI is InChI=1S/C22H21N5O3/c1-14-3-4-15(22(29)30)10-19(14)27-13-24-20-16(12-23)9-17(11-18(20)21(27)28)26-7-5-25(2)6-8-26/h3-4,9-11,13H,5-8H2,1-2H3,(H,29,30). The Hall–Kier alpha value is -3.70. The van der Waals surface area contributed by atoms with Gasteiger partial charge >= 0.3 is 5.97 Å². The number of aromatic nitrogens is 2. The molecule has 0 amide bonds. The van der Waals surface area contributed by atoms with Crippen LogP contribution in [0.4, 0.5) is 5.69 Å². The van der Waals surface area contributed by atoms with Gasteiger partial charge in [0.25, 0.3) is 5.56 Å². The van der Waals surface area contributed by atoms with Crippen molar-refractivity contribution in [3.05, 3.63) is 63.7 Å². The van der Waals surface area contributed by atoms with Gasteiger partial charge in [-0.3, -0.25) is 9.36 Å². The number of benzene rings is 2. The van der Waals surface area contributed by atoms with Crippen LogP contribution in [-0.4, -0.2) is 58.8 Å². The Bertz CT molecular complexity index is 1250. The summed E-state index contributed by atoms with van der Waals surface area (Å²) in [6.07, 6.45) is 1.36. The van der Waals surface area contributed by atoms with E-state index in [1.165, 1.54) is 23.0 Å². The van der Waals surface area contributed by atoms with Crippen molar-refractivity contribution in [3.63, 3.8) is 0 Å². The van der Waals surface area contributed by atoms with E-state index in [1.807, 2.05) is 0 Å². The Morgan fingerprint density at radius 1 is 1.17 bits per heavy atom. The van der Waals surface area contributed by atoms with Crippen LogP contribution >= 0.6 is 0 Å². The summed E-state index contributed by atoms with van der Waals surface area (Å²) in [5.74, 6) is -1.07. The van der Waals surface area contributed by atoms with Crippen LogP contribution in [0.2, 0.25) is 0 Å². The van der Waals surface area contributed by atoms with E-state index in [-0.39, 0.29) is 11.1 Å². The first kappa shape index (κ1) is 19.6. The number of hydrogen-bond donors (Lipinski definition) is 1. The smallest absolute Gasteiger partial charge is 0.335 e. The summed E-state index contributed by atoms with van der Waals surface area (Å²) in [6.45, 7) is 5.22. The minimum atomic E-state index is -1.07. The highest BCUT2D eigenvalue weighted by Gasteiger charge is 2.19. The van der Waals surface area contributed by atoms with Gasteiger partial charge in [-0.2, -0.15) is 5.26 Å². The van der Waals surface area contributed by atoms with Crippen LogP contribution in [-0.2, 0) is 0 Å². The minimum Gasteiger partial charge on any atom is -0.478 e. The number of carboxylic acid groups (broad SMARTS) is 1. The van der Waals surface area contributed by atoms with Gasteiger partial charge in [-0.05, 0) is 43.8 Å². The van der Waals surface area contributed by atoms with E-state index < -0.39 is 5.97 Å². The van der Waals surface area contributed by atoms with E-state index in [9.17, 15) is 20.0 Å². The number of aromatic carboxylic acids is 1. The average molecular weight is 403 g/mol. The molecule has 1 N–H and O–H groups in total. The normalized spacial score (nSPS) is 14.6. The van der Waals surface area contributed by atoms with Gasteiger partial charge in [-0.15, -0.1) is 0 Å². The molecule has 8 heteroatoms. The third kappa shape index (κ3) is 3.40. The number of anilines is 1. The minimum absolute atomic E-state index is 0.0894. The van der Waals surface area contributed by atoms with Crippen molar-refractivity contribution in [2.24, 2.45) is 0 Å². The van der Waals surface area contributed by atoms with Gasteiger partial charge in [-0.1, -0.05) is 6.07 Å². The first-order chi connectivity index (χ1) is 14.4. The number of aryl methyl sites for hydroxylation is 1. The maximum atomic E-state index is 13.4. The number of fused-ring (bicyclic) bond motifs is 1.